The highest BCUT2D eigenvalue weighted by Gasteiger charge is 2.43. The van der Waals surface area contributed by atoms with Crippen molar-refractivity contribution in [3.8, 4) is 0 Å². The van der Waals surface area contributed by atoms with E-state index < -0.39 is 47.0 Å². The van der Waals surface area contributed by atoms with E-state index in [0.29, 0.717) is 11.2 Å². The summed E-state index contributed by atoms with van der Waals surface area (Å²) in [5, 5.41) is 10.3. The Kier molecular flexibility index (Phi) is 5.42. The Hall–Kier alpha value is -1.43. The number of ether oxygens (including phenoxy) is 1. The number of anilines is 1. The molecule has 0 aromatic carbocycles. The molecule has 144 valence electrons. The third kappa shape index (κ3) is 3.80. The SMILES string of the molecule is CC1C(O)[C@@H](COP(=O)(O)O[PH](=O)O)O[C@H]1n1cnc2c(N)ncnc21. The van der Waals surface area contributed by atoms with Crippen molar-refractivity contribution in [1.29, 1.82) is 0 Å². The number of aliphatic hydroxyl groups excluding tert-OH is 1. The maximum atomic E-state index is 11.5. The third-order valence-electron chi connectivity index (χ3n) is 3.94. The van der Waals surface area contributed by atoms with Crippen LogP contribution in [0, 0.1) is 5.92 Å². The molecule has 13 nitrogen and oxygen atoms in total. The van der Waals surface area contributed by atoms with Crippen LogP contribution in [0.3, 0.4) is 0 Å². The van der Waals surface area contributed by atoms with Crippen LogP contribution in [0.1, 0.15) is 13.2 Å². The van der Waals surface area contributed by atoms with Gasteiger partial charge in [-0.3, -0.25) is 13.7 Å². The zero-order valence-corrected chi connectivity index (χ0v) is 15.3. The highest BCUT2D eigenvalue weighted by atomic mass is 31.2. The number of hydrogen-bond acceptors (Lipinski definition) is 10. The van der Waals surface area contributed by atoms with Gasteiger partial charge in [-0.25, -0.2) is 23.8 Å². The second-order valence-corrected chi connectivity index (χ2v) is 8.08. The molecule has 15 heteroatoms. The molecule has 0 spiro atoms. The van der Waals surface area contributed by atoms with E-state index in [1.54, 1.807) is 11.5 Å². The highest BCUT2D eigenvalue weighted by molar-refractivity contribution is 7.55. The fraction of sp³-hybridized carbons (Fsp3) is 0.545. The average molecular weight is 409 g/mol. The van der Waals surface area contributed by atoms with Crippen LogP contribution < -0.4 is 5.73 Å². The summed E-state index contributed by atoms with van der Waals surface area (Å²) in [5.74, 6) is -0.259. The fourth-order valence-corrected chi connectivity index (χ4v) is 4.03. The molecule has 3 rings (SSSR count). The van der Waals surface area contributed by atoms with Crippen molar-refractivity contribution in [2.75, 3.05) is 12.3 Å². The minimum absolute atomic E-state index is 0.192. The number of fused-ring (bicyclic) bond motifs is 1. The van der Waals surface area contributed by atoms with E-state index in [2.05, 4.69) is 23.8 Å². The van der Waals surface area contributed by atoms with Crippen molar-refractivity contribution in [3.63, 3.8) is 0 Å². The molecule has 1 fully saturated rings. The van der Waals surface area contributed by atoms with Gasteiger partial charge in [-0.15, -0.1) is 0 Å². The van der Waals surface area contributed by atoms with Crippen LogP contribution in [-0.4, -0.2) is 53.2 Å². The molecule has 0 amide bonds. The Balaban J connectivity index is 1.76. The molecule has 4 unspecified atom stereocenters. The first-order chi connectivity index (χ1) is 12.2. The monoisotopic (exact) mass is 409 g/mol. The number of aliphatic hydroxyl groups is 1. The molecule has 2 aromatic heterocycles. The molecule has 6 atom stereocenters. The van der Waals surface area contributed by atoms with Crippen molar-refractivity contribution in [1.82, 2.24) is 19.5 Å². The lowest BCUT2D eigenvalue weighted by molar-refractivity contribution is -0.0435. The number of phosphoric ester groups is 1. The molecule has 1 saturated heterocycles. The Morgan fingerprint density at radius 3 is 2.88 bits per heavy atom. The zero-order chi connectivity index (χ0) is 19.1. The maximum absolute atomic E-state index is 11.5. The van der Waals surface area contributed by atoms with Crippen molar-refractivity contribution in [2.24, 2.45) is 5.92 Å². The summed E-state index contributed by atoms with van der Waals surface area (Å²) in [6, 6.07) is 0. The number of rotatable bonds is 6. The van der Waals surface area contributed by atoms with Crippen LogP contribution >= 0.6 is 16.1 Å². The van der Waals surface area contributed by atoms with Gasteiger partial charge in [0.25, 0.3) is 0 Å². The predicted molar refractivity (Wildman–Crippen MR) is 86.9 cm³/mol. The molecule has 0 saturated carbocycles. The van der Waals surface area contributed by atoms with E-state index in [4.69, 9.17) is 15.4 Å². The molecular formula is C11H17N5O8P2. The lowest BCUT2D eigenvalue weighted by atomic mass is 10.0. The minimum Gasteiger partial charge on any atom is -0.390 e. The van der Waals surface area contributed by atoms with Crippen LogP contribution in [0.5, 0.6) is 0 Å². The molecule has 1 aliphatic heterocycles. The van der Waals surface area contributed by atoms with Gasteiger partial charge in [0.05, 0.1) is 19.0 Å². The smallest absolute Gasteiger partial charge is 0.390 e. The van der Waals surface area contributed by atoms with Crippen LogP contribution in [0.2, 0.25) is 0 Å². The van der Waals surface area contributed by atoms with Gasteiger partial charge in [0, 0.05) is 5.92 Å². The molecule has 26 heavy (non-hydrogen) atoms. The largest absolute Gasteiger partial charge is 0.479 e. The second kappa shape index (κ2) is 7.29. The second-order valence-electron chi connectivity index (χ2n) is 5.62. The maximum Gasteiger partial charge on any atom is 0.479 e. The van der Waals surface area contributed by atoms with Crippen molar-refractivity contribution < 1.29 is 37.6 Å². The number of nitrogens with two attached hydrogens (primary N) is 1. The molecule has 2 aromatic rings. The van der Waals surface area contributed by atoms with Gasteiger partial charge in [-0.1, -0.05) is 6.92 Å². The number of nitrogens with zero attached hydrogens (tertiary/aromatic N) is 4. The van der Waals surface area contributed by atoms with E-state index in [-0.39, 0.29) is 5.82 Å². The van der Waals surface area contributed by atoms with E-state index in [0.717, 1.165) is 0 Å². The normalized spacial score (nSPS) is 29.7. The standard InChI is InChI=1S/C11H17N5O8P2/c1-5-8(17)6(2-22-26(20,21)24-25(18)19)23-11(5)16-4-15-7-9(12)13-3-14-10(7)16/h3-6,8,11,17,25H,2H2,1H3,(H,18,19)(H,20,21)(H2,12,13,14)/t5?,6-,8?,11-/m1/s1. The molecule has 3 heterocycles. The predicted octanol–water partition coefficient (Wildman–Crippen LogP) is -0.182. The summed E-state index contributed by atoms with van der Waals surface area (Å²) in [5.41, 5.74) is 6.51. The highest BCUT2D eigenvalue weighted by Crippen LogP contribution is 2.51. The van der Waals surface area contributed by atoms with E-state index in [1.807, 2.05) is 0 Å². The van der Waals surface area contributed by atoms with Gasteiger partial charge in [-0.05, 0) is 0 Å². The fourth-order valence-electron chi connectivity index (χ4n) is 2.70. The first kappa shape index (κ1) is 19.3. The average Bonchev–Trinajstić information content (AvgIpc) is 3.08. The van der Waals surface area contributed by atoms with Crippen molar-refractivity contribution in [2.45, 2.75) is 25.4 Å². The molecule has 0 aliphatic carbocycles. The zero-order valence-electron chi connectivity index (χ0n) is 13.4. The topological polar surface area (TPSA) is 192 Å². The molecule has 0 radical (unpaired) electrons. The lowest BCUT2D eigenvalue weighted by Gasteiger charge is -2.17. The van der Waals surface area contributed by atoms with Gasteiger partial charge in [0.2, 0.25) is 0 Å². The van der Waals surface area contributed by atoms with E-state index in [1.165, 1.54) is 12.7 Å². The quantitative estimate of drug-likeness (QED) is 0.461. The Morgan fingerprint density at radius 1 is 1.46 bits per heavy atom. The number of hydrogen-bond donors (Lipinski definition) is 4. The third-order valence-corrected chi connectivity index (χ3v) is 5.96. The Labute approximate surface area is 147 Å². The van der Waals surface area contributed by atoms with Crippen molar-refractivity contribution >= 4 is 33.1 Å². The molecular weight excluding hydrogens is 392 g/mol. The van der Waals surface area contributed by atoms with Crippen LogP contribution in [0.15, 0.2) is 12.7 Å². The first-order valence-electron chi connectivity index (χ1n) is 7.36. The molecule has 0 bridgehead atoms. The summed E-state index contributed by atoms with van der Waals surface area (Å²) in [4.78, 5) is 29.9. The van der Waals surface area contributed by atoms with Gasteiger partial charge in [0.15, 0.2) is 11.5 Å². The van der Waals surface area contributed by atoms with Gasteiger partial charge < -0.3 is 25.4 Å². The van der Waals surface area contributed by atoms with Gasteiger partial charge in [-0.2, -0.15) is 0 Å². The summed E-state index contributed by atoms with van der Waals surface area (Å²) >= 11 is 0. The number of aromatic nitrogens is 4. The molecule has 1 aliphatic rings. The lowest BCUT2D eigenvalue weighted by Crippen LogP contribution is -2.29. The summed E-state index contributed by atoms with van der Waals surface area (Å²) in [6.45, 7) is 1.17. The first-order valence-corrected chi connectivity index (χ1v) is 10.1. The summed E-state index contributed by atoms with van der Waals surface area (Å²) in [6.07, 6.45) is -0.0401. The number of imidazole rings is 1. The van der Waals surface area contributed by atoms with Gasteiger partial charge in [0.1, 0.15) is 24.2 Å². The number of nitrogen functional groups attached to an aromatic ring is 1. The van der Waals surface area contributed by atoms with Crippen LogP contribution in [0.4, 0.5) is 5.82 Å². The summed E-state index contributed by atoms with van der Waals surface area (Å²) < 4.78 is 37.8. The summed E-state index contributed by atoms with van der Waals surface area (Å²) in [7, 11) is -8.40. The van der Waals surface area contributed by atoms with Crippen LogP contribution in [-0.2, 0) is 22.7 Å². The van der Waals surface area contributed by atoms with Crippen LogP contribution in [0.25, 0.3) is 11.2 Å². The minimum atomic E-state index is -4.74. The van der Waals surface area contributed by atoms with Gasteiger partial charge >= 0.3 is 16.1 Å². The Morgan fingerprint density at radius 2 is 2.19 bits per heavy atom. The molecule has 5 N–H and O–H groups in total. The van der Waals surface area contributed by atoms with Crippen molar-refractivity contribution in [3.05, 3.63) is 12.7 Å². The Bertz CT molecular complexity index is 877. The van der Waals surface area contributed by atoms with E-state index in [9.17, 15) is 19.1 Å². The number of phosphoric acid groups is 1. The van der Waals surface area contributed by atoms with E-state index >= 15 is 0 Å².